The number of phenols is 3. The van der Waals surface area contributed by atoms with Gasteiger partial charge in [0, 0.05) is 18.2 Å². The van der Waals surface area contributed by atoms with Crippen molar-refractivity contribution in [3.05, 3.63) is 46.6 Å². The first-order valence-corrected chi connectivity index (χ1v) is 6.37. The molecule has 3 rings (SSSR count). The van der Waals surface area contributed by atoms with Gasteiger partial charge in [-0.05, 0) is 18.2 Å². The number of aromatic hydroxyl groups is 3. The van der Waals surface area contributed by atoms with Crippen LogP contribution in [0.3, 0.4) is 0 Å². The van der Waals surface area contributed by atoms with E-state index in [1.165, 1.54) is 37.4 Å². The van der Waals surface area contributed by atoms with Gasteiger partial charge in [0.15, 0.2) is 5.43 Å². The summed E-state index contributed by atoms with van der Waals surface area (Å²) in [4.78, 5) is 12.2. The molecule has 3 aromatic rings. The van der Waals surface area contributed by atoms with Crippen LogP contribution in [-0.2, 0) is 0 Å². The van der Waals surface area contributed by atoms with E-state index < -0.39 is 5.43 Å². The van der Waals surface area contributed by atoms with Gasteiger partial charge in [-0.3, -0.25) is 4.79 Å². The molecule has 0 aliphatic heterocycles. The summed E-state index contributed by atoms with van der Waals surface area (Å²) in [7, 11) is 1.42. The van der Waals surface area contributed by atoms with E-state index in [2.05, 4.69) is 0 Å². The fourth-order valence-corrected chi connectivity index (χ4v) is 2.22. The van der Waals surface area contributed by atoms with Gasteiger partial charge in [0.2, 0.25) is 0 Å². The summed E-state index contributed by atoms with van der Waals surface area (Å²) in [5.41, 5.74) is -0.192. The summed E-state index contributed by atoms with van der Waals surface area (Å²) in [6, 6.07) is 7.79. The van der Waals surface area contributed by atoms with Gasteiger partial charge in [-0.2, -0.15) is 0 Å². The van der Waals surface area contributed by atoms with Gasteiger partial charge in [-0.25, -0.2) is 0 Å². The number of ether oxygens (including phenoxy) is 1. The molecule has 0 spiro atoms. The van der Waals surface area contributed by atoms with Crippen molar-refractivity contribution in [3.63, 3.8) is 0 Å². The Morgan fingerprint density at radius 3 is 2.50 bits per heavy atom. The molecule has 1 heterocycles. The first-order valence-electron chi connectivity index (χ1n) is 6.37. The summed E-state index contributed by atoms with van der Waals surface area (Å²) < 4.78 is 10.6. The lowest BCUT2D eigenvalue weighted by molar-refractivity contribution is 0.408. The molecule has 0 amide bonds. The third-order valence-corrected chi connectivity index (χ3v) is 3.26. The second kappa shape index (κ2) is 5.00. The van der Waals surface area contributed by atoms with Crippen LogP contribution in [-0.4, -0.2) is 22.4 Å². The number of methoxy groups -OCH3 is 1. The quantitative estimate of drug-likeness (QED) is 0.629. The molecule has 0 radical (unpaired) electrons. The van der Waals surface area contributed by atoms with E-state index >= 15 is 0 Å². The van der Waals surface area contributed by atoms with Crippen LogP contribution in [0.1, 0.15) is 0 Å². The Bertz CT molecular complexity index is 926. The summed E-state index contributed by atoms with van der Waals surface area (Å²) >= 11 is 0. The standard InChI is InChI=1S/C16H12O6/c1-21-9-5-12(19)16-13(20)7-14(22-15(16)6-9)10-4-8(17)2-3-11(10)18/h2-7,17-19H,1H3. The molecule has 0 saturated heterocycles. The fraction of sp³-hybridized carbons (Fsp3) is 0.0625. The number of hydrogen-bond acceptors (Lipinski definition) is 6. The SMILES string of the molecule is COc1cc(O)c2c(=O)cc(-c3cc(O)ccc3O)oc2c1. The van der Waals surface area contributed by atoms with Crippen molar-refractivity contribution in [1.82, 2.24) is 0 Å². The number of fused-ring (bicyclic) bond motifs is 1. The second-order valence-corrected chi connectivity index (χ2v) is 4.70. The molecule has 2 aromatic carbocycles. The van der Waals surface area contributed by atoms with Gasteiger partial charge in [0.25, 0.3) is 0 Å². The highest BCUT2D eigenvalue weighted by molar-refractivity contribution is 5.86. The van der Waals surface area contributed by atoms with Crippen molar-refractivity contribution in [2.75, 3.05) is 7.11 Å². The first-order chi connectivity index (χ1) is 10.5. The van der Waals surface area contributed by atoms with E-state index in [1.807, 2.05) is 0 Å². The number of phenolic OH excluding ortho intramolecular Hbond substituents is 3. The summed E-state index contributed by atoms with van der Waals surface area (Å²) in [6.07, 6.45) is 0. The molecule has 1 aromatic heterocycles. The van der Waals surface area contributed by atoms with Crippen molar-refractivity contribution in [2.45, 2.75) is 0 Å². The molecule has 0 unspecified atom stereocenters. The van der Waals surface area contributed by atoms with E-state index in [1.54, 1.807) is 0 Å². The van der Waals surface area contributed by atoms with Gasteiger partial charge in [-0.1, -0.05) is 0 Å². The lowest BCUT2D eigenvalue weighted by atomic mass is 10.1. The van der Waals surface area contributed by atoms with Crippen LogP contribution >= 0.6 is 0 Å². The highest BCUT2D eigenvalue weighted by atomic mass is 16.5. The van der Waals surface area contributed by atoms with Gasteiger partial charge in [0.05, 0.1) is 12.7 Å². The minimum atomic E-state index is -0.473. The van der Waals surface area contributed by atoms with Crippen LogP contribution in [0.4, 0.5) is 0 Å². The van der Waals surface area contributed by atoms with Crippen LogP contribution in [0.2, 0.25) is 0 Å². The zero-order valence-corrected chi connectivity index (χ0v) is 11.5. The first kappa shape index (κ1) is 13.8. The van der Waals surface area contributed by atoms with E-state index in [-0.39, 0.29) is 39.5 Å². The smallest absolute Gasteiger partial charge is 0.197 e. The number of hydrogen-bond donors (Lipinski definition) is 3. The highest BCUT2D eigenvalue weighted by Crippen LogP contribution is 2.35. The summed E-state index contributed by atoms with van der Waals surface area (Å²) in [5.74, 6) is -0.0878. The topological polar surface area (TPSA) is 100 Å². The maximum Gasteiger partial charge on any atom is 0.197 e. The van der Waals surface area contributed by atoms with E-state index in [9.17, 15) is 20.1 Å². The minimum Gasteiger partial charge on any atom is -0.508 e. The molecular formula is C16H12O6. The van der Waals surface area contributed by atoms with Gasteiger partial charge in [0.1, 0.15) is 39.7 Å². The van der Waals surface area contributed by atoms with Gasteiger partial charge >= 0.3 is 0 Å². The Kier molecular flexibility index (Phi) is 3.14. The normalized spacial score (nSPS) is 10.8. The van der Waals surface area contributed by atoms with Crippen LogP contribution in [0.15, 0.2) is 45.6 Å². The van der Waals surface area contributed by atoms with Gasteiger partial charge in [-0.15, -0.1) is 0 Å². The van der Waals surface area contributed by atoms with Crippen molar-refractivity contribution in [3.8, 4) is 34.3 Å². The predicted molar refractivity (Wildman–Crippen MR) is 79.5 cm³/mol. The molecule has 0 aliphatic rings. The monoisotopic (exact) mass is 300 g/mol. The average molecular weight is 300 g/mol. The maximum atomic E-state index is 12.2. The van der Waals surface area contributed by atoms with Crippen molar-refractivity contribution in [2.24, 2.45) is 0 Å². The number of rotatable bonds is 2. The Morgan fingerprint density at radius 2 is 1.77 bits per heavy atom. The highest BCUT2D eigenvalue weighted by Gasteiger charge is 2.15. The summed E-state index contributed by atoms with van der Waals surface area (Å²) in [5, 5.41) is 29.3. The molecule has 6 heteroatoms. The van der Waals surface area contributed by atoms with Crippen molar-refractivity contribution >= 4 is 11.0 Å². The maximum absolute atomic E-state index is 12.2. The van der Waals surface area contributed by atoms with Gasteiger partial charge < -0.3 is 24.5 Å². The molecule has 0 aliphatic carbocycles. The molecule has 3 N–H and O–H groups in total. The molecule has 0 bridgehead atoms. The lowest BCUT2D eigenvalue weighted by Gasteiger charge is -2.08. The minimum absolute atomic E-state index is 0.0178. The molecule has 0 saturated carbocycles. The van der Waals surface area contributed by atoms with Crippen molar-refractivity contribution < 1.29 is 24.5 Å². The zero-order chi connectivity index (χ0) is 15.9. The molecular weight excluding hydrogens is 288 g/mol. The number of benzene rings is 2. The Hall–Kier alpha value is -3.15. The molecule has 0 fully saturated rings. The van der Waals surface area contributed by atoms with E-state index in [0.29, 0.717) is 5.75 Å². The third-order valence-electron chi connectivity index (χ3n) is 3.26. The van der Waals surface area contributed by atoms with Crippen LogP contribution < -0.4 is 10.2 Å². The summed E-state index contributed by atoms with van der Waals surface area (Å²) in [6.45, 7) is 0. The van der Waals surface area contributed by atoms with Crippen LogP contribution in [0.5, 0.6) is 23.0 Å². The Balaban J connectivity index is 2.33. The zero-order valence-electron chi connectivity index (χ0n) is 11.5. The lowest BCUT2D eigenvalue weighted by Crippen LogP contribution is -2.01. The second-order valence-electron chi connectivity index (χ2n) is 4.70. The van der Waals surface area contributed by atoms with Crippen LogP contribution in [0.25, 0.3) is 22.3 Å². The van der Waals surface area contributed by atoms with Crippen LogP contribution in [0, 0.1) is 0 Å². The van der Waals surface area contributed by atoms with Crippen molar-refractivity contribution in [1.29, 1.82) is 0 Å². The largest absolute Gasteiger partial charge is 0.508 e. The third kappa shape index (κ3) is 2.20. The average Bonchev–Trinajstić information content (AvgIpc) is 2.48. The predicted octanol–water partition coefficient (Wildman–Crippen LogP) is 2.59. The molecule has 22 heavy (non-hydrogen) atoms. The van der Waals surface area contributed by atoms with E-state index in [4.69, 9.17) is 9.15 Å². The Morgan fingerprint density at radius 1 is 1.00 bits per heavy atom. The fourth-order valence-electron chi connectivity index (χ4n) is 2.22. The Labute approximate surface area is 124 Å². The van der Waals surface area contributed by atoms with E-state index in [0.717, 1.165) is 6.07 Å². The molecule has 0 atom stereocenters. The molecule has 112 valence electrons. The molecule has 6 nitrogen and oxygen atoms in total.